The Hall–Kier alpha value is -1.13. The summed E-state index contributed by atoms with van der Waals surface area (Å²) in [7, 11) is 0. The number of rotatable bonds is 4. The van der Waals surface area contributed by atoms with Gasteiger partial charge < -0.3 is 24.4 Å². The summed E-state index contributed by atoms with van der Waals surface area (Å²) in [4.78, 5) is 8.48. The van der Waals surface area contributed by atoms with Gasteiger partial charge in [0.05, 0.1) is 25.4 Å². The molecule has 0 unspecified atom stereocenters. The molecule has 0 aliphatic carbocycles. The van der Waals surface area contributed by atoms with E-state index in [9.17, 15) is 10.2 Å². The molecule has 2 aliphatic heterocycles. The third-order valence-corrected chi connectivity index (χ3v) is 3.94. The molecule has 0 spiro atoms. The van der Waals surface area contributed by atoms with Crippen LogP contribution in [0.25, 0.3) is 0 Å². The summed E-state index contributed by atoms with van der Waals surface area (Å²) in [5.41, 5.74) is 0.512. The molecule has 3 N–H and O–H groups in total. The lowest BCUT2D eigenvalue weighted by Gasteiger charge is -2.15. The van der Waals surface area contributed by atoms with Crippen LogP contribution in [0.4, 0.5) is 5.82 Å². The highest BCUT2D eigenvalue weighted by Crippen LogP contribution is 2.35. The van der Waals surface area contributed by atoms with Gasteiger partial charge in [0, 0.05) is 19.2 Å². The summed E-state index contributed by atoms with van der Waals surface area (Å²) in [5.74, 6) is 0.552. The average Bonchev–Trinajstić information content (AvgIpc) is 3.00. The van der Waals surface area contributed by atoms with Crippen LogP contribution in [0.2, 0.25) is 0 Å². The highest BCUT2D eigenvalue weighted by atomic mass is 32.2. The number of nitrogens with one attached hydrogen (secondary N) is 1. The van der Waals surface area contributed by atoms with Gasteiger partial charge in [0.2, 0.25) is 0 Å². The third kappa shape index (κ3) is 2.92. The maximum atomic E-state index is 10.0. The number of aliphatic hydroxyl groups excluding tert-OH is 2. The van der Waals surface area contributed by atoms with Crippen molar-refractivity contribution in [3.63, 3.8) is 0 Å². The van der Waals surface area contributed by atoms with Crippen molar-refractivity contribution in [2.24, 2.45) is 4.99 Å². The van der Waals surface area contributed by atoms with Crippen molar-refractivity contribution in [3.05, 3.63) is 12.0 Å². The number of ether oxygens (including phenoxy) is 1. The second-order valence-electron chi connectivity index (χ2n) is 4.93. The standard InChI is InChI=1S/C12H18N4O4S/c1-21-19-4-9-7(17)2-10(20-9)16-6-15-11-8(18)3-13-5-14-12(11)16/h5-10,17-18H,2-4H2,1H3,(H,13,14)/t7-,8+,9+,10+/m0/s1. The maximum absolute atomic E-state index is 10.0. The molecule has 0 bridgehead atoms. The van der Waals surface area contributed by atoms with Crippen molar-refractivity contribution < 1.29 is 19.1 Å². The normalized spacial score (nSPS) is 31.8. The van der Waals surface area contributed by atoms with Crippen LogP contribution in [-0.2, 0) is 8.92 Å². The first-order valence-corrected chi connectivity index (χ1v) is 7.85. The van der Waals surface area contributed by atoms with Crippen molar-refractivity contribution in [1.29, 1.82) is 0 Å². The Morgan fingerprint density at radius 2 is 2.43 bits per heavy atom. The van der Waals surface area contributed by atoms with E-state index in [2.05, 4.69) is 15.3 Å². The number of β-amino-alcohol motifs (C(OH)–C–C–N with tert-alkyl or cyclic N) is 1. The van der Waals surface area contributed by atoms with E-state index in [-0.39, 0.29) is 12.3 Å². The SMILES string of the molecule is CSOC[C@H]1O[C@@H](n2cnc3c2N=CNC[C@H]3O)C[C@@H]1O. The summed E-state index contributed by atoms with van der Waals surface area (Å²) < 4.78 is 12.8. The largest absolute Gasteiger partial charge is 0.390 e. The first-order valence-electron chi connectivity index (χ1n) is 6.70. The van der Waals surface area contributed by atoms with Gasteiger partial charge in [-0.25, -0.2) is 9.98 Å². The molecule has 2 aliphatic rings. The highest BCUT2D eigenvalue weighted by molar-refractivity contribution is 7.93. The van der Waals surface area contributed by atoms with Gasteiger partial charge in [-0.05, 0) is 12.0 Å². The van der Waals surface area contributed by atoms with E-state index in [1.807, 2.05) is 6.26 Å². The lowest BCUT2D eigenvalue weighted by atomic mass is 10.2. The molecular formula is C12H18N4O4S. The van der Waals surface area contributed by atoms with Gasteiger partial charge >= 0.3 is 0 Å². The van der Waals surface area contributed by atoms with Crippen LogP contribution in [0.15, 0.2) is 11.3 Å². The van der Waals surface area contributed by atoms with E-state index in [1.165, 1.54) is 18.4 Å². The van der Waals surface area contributed by atoms with E-state index in [1.54, 1.807) is 10.9 Å². The molecule has 1 fully saturated rings. The molecule has 21 heavy (non-hydrogen) atoms. The molecule has 0 radical (unpaired) electrons. The van der Waals surface area contributed by atoms with Crippen LogP contribution < -0.4 is 5.32 Å². The molecule has 1 aromatic rings. The third-order valence-electron chi connectivity index (χ3n) is 3.56. The topological polar surface area (TPSA) is 101 Å². The fourth-order valence-corrected chi connectivity index (χ4v) is 2.76. The van der Waals surface area contributed by atoms with Gasteiger partial charge in [0.15, 0.2) is 5.82 Å². The summed E-state index contributed by atoms with van der Waals surface area (Å²) in [5, 5.41) is 22.9. The zero-order valence-electron chi connectivity index (χ0n) is 11.5. The molecule has 3 rings (SSSR count). The van der Waals surface area contributed by atoms with Crippen molar-refractivity contribution in [3.8, 4) is 0 Å². The Labute approximate surface area is 126 Å². The van der Waals surface area contributed by atoms with Gasteiger partial charge in [0.1, 0.15) is 24.1 Å². The predicted molar refractivity (Wildman–Crippen MR) is 77.3 cm³/mol. The monoisotopic (exact) mass is 314 g/mol. The quantitative estimate of drug-likeness (QED) is 0.679. The van der Waals surface area contributed by atoms with E-state index in [0.29, 0.717) is 31.1 Å². The van der Waals surface area contributed by atoms with E-state index < -0.39 is 12.2 Å². The summed E-state index contributed by atoms with van der Waals surface area (Å²) in [6.45, 7) is 0.690. The lowest BCUT2D eigenvalue weighted by molar-refractivity contribution is -0.0356. The Morgan fingerprint density at radius 3 is 3.24 bits per heavy atom. The molecule has 116 valence electrons. The van der Waals surface area contributed by atoms with Crippen LogP contribution in [0.5, 0.6) is 0 Å². The molecule has 3 heterocycles. The van der Waals surface area contributed by atoms with Gasteiger partial charge in [-0.3, -0.25) is 4.57 Å². The minimum atomic E-state index is -0.717. The van der Waals surface area contributed by atoms with Gasteiger partial charge in [0.25, 0.3) is 0 Å². The minimum Gasteiger partial charge on any atom is -0.390 e. The Balaban J connectivity index is 1.79. The molecule has 9 heteroatoms. The average molecular weight is 314 g/mol. The molecule has 1 saturated heterocycles. The lowest BCUT2D eigenvalue weighted by Crippen LogP contribution is -2.25. The fraction of sp³-hybridized carbons (Fsp3) is 0.667. The number of fused-ring (bicyclic) bond motifs is 1. The minimum absolute atomic E-state index is 0.323. The van der Waals surface area contributed by atoms with Crippen molar-refractivity contribution >= 4 is 24.2 Å². The Kier molecular flexibility index (Phi) is 4.45. The summed E-state index contributed by atoms with van der Waals surface area (Å²) in [6.07, 6.45) is 3.32. The predicted octanol–water partition coefficient (Wildman–Crippen LogP) is 0.122. The van der Waals surface area contributed by atoms with Crippen LogP contribution in [0.1, 0.15) is 24.4 Å². The van der Waals surface area contributed by atoms with Gasteiger partial charge in [-0.15, -0.1) is 0 Å². The fourth-order valence-electron chi connectivity index (χ4n) is 2.49. The highest BCUT2D eigenvalue weighted by Gasteiger charge is 2.37. The Bertz CT molecular complexity index is 523. The van der Waals surface area contributed by atoms with Crippen molar-refractivity contribution in [1.82, 2.24) is 14.9 Å². The number of nitrogens with zero attached hydrogens (tertiary/aromatic N) is 3. The number of aliphatic imine (C=N–C) groups is 1. The number of imidazole rings is 1. The number of aromatic nitrogens is 2. The molecule has 8 nitrogen and oxygen atoms in total. The first-order chi connectivity index (χ1) is 10.2. The van der Waals surface area contributed by atoms with E-state index in [4.69, 9.17) is 8.92 Å². The first kappa shape index (κ1) is 14.8. The van der Waals surface area contributed by atoms with Crippen molar-refractivity contribution in [2.45, 2.75) is 31.0 Å². The maximum Gasteiger partial charge on any atom is 0.162 e. The number of hydrogen-bond acceptors (Lipinski definition) is 8. The van der Waals surface area contributed by atoms with Crippen LogP contribution in [0, 0.1) is 0 Å². The zero-order valence-corrected chi connectivity index (χ0v) is 12.4. The van der Waals surface area contributed by atoms with Crippen molar-refractivity contribution in [2.75, 3.05) is 19.4 Å². The van der Waals surface area contributed by atoms with Crippen LogP contribution >= 0.6 is 12.0 Å². The van der Waals surface area contributed by atoms with Gasteiger partial charge in [-0.1, -0.05) is 0 Å². The molecule has 1 aromatic heterocycles. The molecule has 4 atom stereocenters. The number of aliphatic hydroxyl groups is 2. The molecular weight excluding hydrogens is 296 g/mol. The molecule has 0 aromatic carbocycles. The molecule has 0 saturated carbocycles. The number of hydrogen-bond donors (Lipinski definition) is 3. The van der Waals surface area contributed by atoms with Crippen LogP contribution in [0.3, 0.4) is 0 Å². The second-order valence-corrected chi connectivity index (χ2v) is 5.50. The summed E-state index contributed by atoms with van der Waals surface area (Å²) in [6, 6.07) is 0. The smallest absolute Gasteiger partial charge is 0.162 e. The van der Waals surface area contributed by atoms with E-state index >= 15 is 0 Å². The molecule has 0 amide bonds. The zero-order chi connectivity index (χ0) is 14.8. The summed E-state index contributed by atoms with van der Waals surface area (Å²) >= 11 is 1.24. The van der Waals surface area contributed by atoms with Crippen LogP contribution in [-0.4, -0.2) is 57.7 Å². The second kappa shape index (κ2) is 6.32. The van der Waals surface area contributed by atoms with Gasteiger partial charge in [-0.2, -0.15) is 0 Å². The van der Waals surface area contributed by atoms with E-state index in [0.717, 1.165) is 0 Å². The Morgan fingerprint density at radius 1 is 1.57 bits per heavy atom.